The first-order chi connectivity index (χ1) is 7.74. The number of rotatable bonds is 5. The van der Waals surface area contributed by atoms with E-state index in [0.717, 1.165) is 12.8 Å². The Morgan fingerprint density at radius 3 is 2.35 bits per heavy atom. The Balaban J connectivity index is 2.41. The number of hydrogen-bond acceptors (Lipinski definition) is 3. The molecule has 0 spiro atoms. The Morgan fingerprint density at radius 2 is 1.88 bits per heavy atom. The average Bonchev–Trinajstić information content (AvgIpc) is 2.25. The van der Waals surface area contributed by atoms with Gasteiger partial charge in [0.25, 0.3) is 0 Å². The van der Waals surface area contributed by atoms with E-state index in [0.29, 0.717) is 26.1 Å². The first-order valence-electron chi connectivity index (χ1n) is 6.05. The quantitative estimate of drug-likeness (QED) is 0.657. The van der Waals surface area contributed by atoms with Crippen molar-refractivity contribution in [1.29, 1.82) is 0 Å². The zero-order chi connectivity index (χ0) is 13.1. The maximum atomic E-state index is 11.2. The molecular weight excluding hydrogens is 243 g/mol. The average molecular weight is 266 g/mol. The summed E-state index contributed by atoms with van der Waals surface area (Å²) in [5.74, 6) is 0.205. The first kappa shape index (κ1) is 15.1. The fourth-order valence-corrected chi connectivity index (χ4v) is 2.40. The van der Waals surface area contributed by atoms with Gasteiger partial charge in [-0.2, -0.15) is 0 Å². The van der Waals surface area contributed by atoms with Crippen LogP contribution in [0, 0.1) is 5.92 Å². The molecule has 0 aromatic carbocycles. The molecule has 0 amide bonds. The molecule has 0 bridgehead atoms. The summed E-state index contributed by atoms with van der Waals surface area (Å²) in [6, 6.07) is 0. The third kappa shape index (κ3) is 4.34. The number of ether oxygens (including phenoxy) is 1. The molecule has 0 aromatic heterocycles. The number of hydrogen-bond donors (Lipinski definition) is 3. The van der Waals surface area contributed by atoms with Gasteiger partial charge in [0.15, 0.2) is 0 Å². The van der Waals surface area contributed by atoms with E-state index < -0.39 is 18.9 Å². The molecule has 1 aliphatic rings. The third-order valence-electron chi connectivity index (χ3n) is 3.65. The molecule has 0 radical (unpaired) electrons. The van der Waals surface area contributed by atoms with Crippen LogP contribution in [0.25, 0.3) is 0 Å². The standard InChI is InChI=1S/C11H23O5P/c1-11(2,17(13,14)15)6-3-10(12)9-4-7-16-8-5-9/h9-10,12H,3-8H2,1-2H3,(H2,13,14,15). The molecule has 1 fully saturated rings. The second-order valence-electron chi connectivity index (χ2n) is 5.41. The highest BCUT2D eigenvalue weighted by Crippen LogP contribution is 2.52. The van der Waals surface area contributed by atoms with Crippen LogP contribution in [0.1, 0.15) is 39.5 Å². The maximum Gasteiger partial charge on any atom is 0.331 e. The summed E-state index contributed by atoms with van der Waals surface area (Å²) in [4.78, 5) is 18.4. The molecule has 1 saturated heterocycles. The van der Waals surface area contributed by atoms with Crippen molar-refractivity contribution in [2.45, 2.75) is 50.8 Å². The molecule has 17 heavy (non-hydrogen) atoms. The molecule has 5 nitrogen and oxygen atoms in total. The lowest BCUT2D eigenvalue weighted by Gasteiger charge is -2.30. The summed E-state index contributed by atoms with van der Waals surface area (Å²) in [7, 11) is -4.10. The van der Waals surface area contributed by atoms with Crippen LogP contribution in [0.5, 0.6) is 0 Å². The minimum absolute atomic E-state index is 0.205. The van der Waals surface area contributed by atoms with Crippen LogP contribution in [-0.2, 0) is 9.30 Å². The fraction of sp³-hybridized carbons (Fsp3) is 1.00. The van der Waals surface area contributed by atoms with Gasteiger partial charge in [0, 0.05) is 13.2 Å². The second-order valence-corrected chi connectivity index (χ2v) is 7.71. The van der Waals surface area contributed by atoms with Crippen molar-refractivity contribution < 1.29 is 24.2 Å². The summed E-state index contributed by atoms with van der Waals surface area (Å²) in [6.07, 6.45) is 1.94. The summed E-state index contributed by atoms with van der Waals surface area (Å²) >= 11 is 0. The van der Waals surface area contributed by atoms with Gasteiger partial charge in [0.05, 0.1) is 11.3 Å². The molecule has 102 valence electrons. The molecule has 6 heteroatoms. The van der Waals surface area contributed by atoms with Crippen LogP contribution in [-0.4, -0.2) is 39.4 Å². The smallest absolute Gasteiger partial charge is 0.331 e. The van der Waals surface area contributed by atoms with Gasteiger partial charge in [0.2, 0.25) is 0 Å². The lowest BCUT2D eigenvalue weighted by atomic mass is 9.89. The van der Waals surface area contributed by atoms with Crippen molar-refractivity contribution in [2.75, 3.05) is 13.2 Å². The highest BCUT2D eigenvalue weighted by Gasteiger charge is 2.38. The Bertz CT molecular complexity index is 280. The third-order valence-corrected chi connectivity index (χ3v) is 5.45. The minimum atomic E-state index is -4.10. The Kier molecular flexibility index (Phi) is 5.17. The fourth-order valence-electron chi connectivity index (χ4n) is 1.98. The molecule has 0 aliphatic carbocycles. The van der Waals surface area contributed by atoms with Gasteiger partial charge in [-0.1, -0.05) is 0 Å². The molecule has 1 rings (SSSR count). The summed E-state index contributed by atoms with van der Waals surface area (Å²) in [6.45, 7) is 4.43. The van der Waals surface area contributed by atoms with E-state index in [-0.39, 0.29) is 5.92 Å². The minimum Gasteiger partial charge on any atom is -0.393 e. The van der Waals surface area contributed by atoms with E-state index in [4.69, 9.17) is 4.74 Å². The summed E-state index contributed by atoms with van der Waals surface area (Å²) in [5, 5.41) is 8.94. The van der Waals surface area contributed by atoms with Crippen LogP contribution < -0.4 is 0 Å². The zero-order valence-corrected chi connectivity index (χ0v) is 11.4. The lowest BCUT2D eigenvalue weighted by Crippen LogP contribution is -2.30. The second kappa shape index (κ2) is 5.81. The molecule has 1 unspecified atom stereocenters. The number of aliphatic hydroxyl groups is 1. The van der Waals surface area contributed by atoms with Crippen LogP contribution in [0.3, 0.4) is 0 Å². The van der Waals surface area contributed by atoms with E-state index in [2.05, 4.69) is 0 Å². The SMILES string of the molecule is CC(C)(CCC(O)C1CCOCC1)P(=O)(O)O. The predicted molar refractivity (Wildman–Crippen MR) is 64.9 cm³/mol. The molecule has 1 heterocycles. The Morgan fingerprint density at radius 1 is 1.35 bits per heavy atom. The van der Waals surface area contributed by atoms with Gasteiger partial charge in [0.1, 0.15) is 0 Å². The lowest BCUT2D eigenvalue weighted by molar-refractivity contribution is 0.00328. The Labute approximate surface area is 102 Å². The van der Waals surface area contributed by atoms with Crippen molar-refractivity contribution in [3.63, 3.8) is 0 Å². The van der Waals surface area contributed by atoms with Crippen molar-refractivity contribution >= 4 is 7.60 Å². The van der Waals surface area contributed by atoms with Crippen LogP contribution in [0.15, 0.2) is 0 Å². The predicted octanol–water partition coefficient (Wildman–Crippen LogP) is 1.51. The van der Waals surface area contributed by atoms with Gasteiger partial charge >= 0.3 is 7.60 Å². The maximum absolute atomic E-state index is 11.2. The summed E-state index contributed by atoms with van der Waals surface area (Å²) < 4.78 is 16.4. The normalized spacial score (nSPS) is 21.5. The van der Waals surface area contributed by atoms with Crippen molar-refractivity contribution in [3.05, 3.63) is 0 Å². The molecule has 0 saturated carbocycles. The van der Waals surface area contributed by atoms with Gasteiger partial charge < -0.3 is 19.6 Å². The van der Waals surface area contributed by atoms with E-state index in [1.165, 1.54) is 0 Å². The number of aliphatic hydroxyl groups excluding tert-OH is 1. The van der Waals surface area contributed by atoms with E-state index >= 15 is 0 Å². The van der Waals surface area contributed by atoms with Crippen LogP contribution >= 0.6 is 7.60 Å². The van der Waals surface area contributed by atoms with Gasteiger partial charge in [-0.15, -0.1) is 0 Å². The molecular formula is C11H23O5P. The first-order valence-corrected chi connectivity index (χ1v) is 7.67. The van der Waals surface area contributed by atoms with Gasteiger partial charge in [-0.25, -0.2) is 0 Å². The van der Waals surface area contributed by atoms with Gasteiger partial charge in [-0.05, 0) is 45.4 Å². The van der Waals surface area contributed by atoms with E-state index in [9.17, 15) is 19.5 Å². The molecule has 3 N–H and O–H groups in total. The Hall–Kier alpha value is 0.0700. The topological polar surface area (TPSA) is 87.0 Å². The van der Waals surface area contributed by atoms with Crippen LogP contribution in [0.4, 0.5) is 0 Å². The molecule has 1 aliphatic heterocycles. The highest BCUT2D eigenvalue weighted by molar-refractivity contribution is 7.53. The van der Waals surface area contributed by atoms with Gasteiger partial charge in [-0.3, -0.25) is 4.57 Å². The van der Waals surface area contributed by atoms with Crippen molar-refractivity contribution in [1.82, 2.24) is 0 Å². The van der Waals surface area contributed by atoms with Crippen molar-refractivity contribution in [3.8, 4) is 0 Å². The largest absolute Gasteiger partial charge is 0.393 e. The summed E-state index contributed by atoms with van der Waals surface area (Å²) in [5.41, 5.74) is 0. The highest BCUT2D eigenvalue weighted by atomic mass is 31.2. The zero-order valence-electron chi connectivity index (χ0n) is 10.5. The van der Waals surface area contributed by atoms with Crippen LogP contribution in [0.2, 0.25) is 0 Å². The van der Waals surface area contributed by atoms with Crippen molar-refractivity contribution in [2.24, 2.45) is 5.92 Å². The van der Waals surface area contributed by atoms with E-state index in [1.807, 2.05) is 0 Å². The molecule has 1 atom stereocenters. The van der Waals surface area contributed by atoms with E-state index in [1.54, 1.807) is 13.8 Å². The molecule has 0 aromatic rings. The monoisotopic (exact) mass is 266 g/mol.